The van der Waals surface area contributed by atoms with Gasteiger partial charge in [-0.15, -0.1) is 11.3 Å². The molecule has 0 bridgehead atoms. The maximum Gasteiger partial charge on any atom is 0.273 e. The minimum absolute atomic E-state index is 0.000206. The number of piperidine rings is 1. The van der Waals surface area contributed by atoms with Crippen LogP contribution in [0.4, 0.5) is 10.2 Å². The molecule has 2 saturated heterocycles. The van der Waals surface area contributed by atoms with Crippen molar-refractivity contribution in [3.05, 3.63) is 51.7 Å². The fourth-order valence-electron chi connectivity index (χ4n) is 4.72. The summed E-state index contributed by atoms with van der Waals surface area (Å²) in [6.07, 6.45) is 2.90. The highest BCUT2D eigenvalue weighted by atomic mass is 32.1. The Morgan fingerprint density at radius 3 is 2.79 bits per heavy atom. The van der Waals surface area contributed by atoms with Gasteiger partial charge in [0.15, 0.2) is 0 Å². The molecule has 1 N–H and O–H groups in total. The summed E-state index contributed by atoms with van der Waals surface area (Å²) in [6.45, 7) is 4.76. The van der Waals surface area contributed by atoms with Crippen molar-refractivity contribution in [3.63, 3.8) is 0 Å². The molecule has 0 aliphatic carbocycles. The summed E-state index contributed by atoms with van der Waals surface area (Å²) in [5.41, 5.74) is 1.92. The Labute approximate surface area is 202 Å². The third-order valence-corrected chi connectivity index (χ3v) is 7.31. The first-order valence-electron chi connectivity index (χ1n) is 11.8. The van der Waals surface area contributed by atoms with Crippen molar-refractivity contribution in [2.24, 2.45) is 0 Å². The zero-order chi connectivity index (χ0) is 23.7. The van der Waals surface area contributed by atoms with Crippen LogP contribution in [0.3, 0.4) is 0 Å². The maximum atomic E-state index is 13.9. The fraction of sp³-hybridized carbons (Fsp3) is 0.480. The molecule has 1 atom stereocenters. The van der Waals surface area contributed by atoms with Crippen LogP contribution in [-0.4, -0.2) is 64.3 Å². The number of amides is 1. The molecule has 1 amide bonds. The summed E-state index contributed by atoms with van der Waals surface area (Å²) in [4.78, 5) is 26.7. The van der Waals surface area contributed by atoms with Gasteiger partial charge in [-0.1, -0.05) is 0 Å². The third kappa shape index (κ3) is 5.06. The normalized spacial score (nSPS) is 19.1. The first-order chi connectivity index (χ1) is 16.5. The monoisotopic (exact) mass is 484 g/mol. The molecule has 4 heterocycles. The van der Waals surface area contributed by atoms with Crippen molar-refractivity contribution in [2.75, 3.05) is 31.1 Å². The predicted octanol–water partition coefficient (Wildman–Crippen LogP) is 3.92. The van der Waals surface area contributed by atoms with E-state index in [9.17, 15) is 14.3 Å². The Balaban J connectivity index is 1.51. The van der Waals surface area contributed by atoms with Gasteiger partial charge in [-0.25, -0.2) is 14.4 Å². The van der Waals surface area contributed by atoms with Crippen LogP contribution in [0.15, 0.2) is 29.6 Å². The van der Waals surface area contributed by atoms with Crippen LogP contribution in [0.5, 0.6) is 0 Å². The summed E-state index contributed by atoms with van der Waals surface area (Å²) in [6, 6.07) is 6.60. The third-order valence-electron chi connectivity index (χ3n) is 6.53. The predicted molar refractivity (Wildman–Crippen MR) is 130 cm³/mol. The molecule has 5 rings (SSSR count). The average Bonchev–Trinajstić information content (AvgIpc) is 3.50. The number of halogens is 1. The standard InChI is InChI=1S/C25H29FN4O3S/c1-16-27-23(15-34-16)25(32)30(14-21-3-2-10-33-21)13-18-11-17-4-5-19(26)12-22(17)28-24(18)29-8-6-20(31)7-9-29/h4-5,11-12,15,20-21,31H,2-3,6-10,13-14H2,1H3. The Morgan fingerprint density at radius 1 is 1.26 bits per heavy atom. The van der Waals surface area contributed by atoms with Gasteiger partial charge in [-0.3, -0.25) is 4.79 Å². The average molecular weight is 485 g/mol. The second-order valence-electron chi connectivity index (χ2n) is 9.10. The molecule has 2 aliphatic heterocycles. The zero-order valence-corrected chi connectivity index (χ0v) is 20.1. The molecule has 2 fully saturated rings. The van der Waals surface area contributed by atoms with Crippen molar-refractivity contribution in [1.29, 1.82) is 0 Å². The molecule has 0 spiro atoms. The van der Waals surface area contributed by atoms with Crippen molar-refractivity contribution in [3.8, 4) is 0 Å². The Hall–Kier alpha value is -2.62. The SMILES string of the molecule is Cc1nc(C(=O)N(Cc2cc3ccc(F)cc3nc2N2CCC(O)CC2)CC2CCCO2)cs1. The smallest absolute Gasteiger partial charge is 0.273 e. The Morgan fingerprint density at radius 2 is 2.09 bits per heavy atom. The van der Waals surface area contributed by atoms with Gasteiger partial charge < -0.3 is 19.6 Å². The van der Waals surface area contributed by atoms with E-state index in [1.807, 2.05) is 13.0 Å². The van der Waals surface area contributed by atoms with E-state index in [4.69, 9.17) is 9.72 Å². The highest BCUT2D eigenvalue weighted by molar-refractivity contribution is 7.09. The number of benzene rings is 1. The molecule has 9 heteroatoms. The van der Waals surface area contributed by atoms with Crippen molar-refractivity contribution >= 4 is 34.0 Å². The number of pyridine rings is 1. The van der Waals surface area contributed by atoms with E-state index in [0.717, 1.165) is 34.6 Å². The molecule has 2 aromatic heterocycles. The summed E-state index contributed by atoms with van der Waals surface area (Å²) >= 11 is 1.46. The van der Waals surface area contributed by atoms with Gasteiger partial charge in [0.1, 0.15) is 17.3 Å². The summed E-state index contributed by atoms with van der Waals surface area (Å²) in [5, 5.41) is 13.5. The van der Waals surface area contributed by atoms with E-state index in [2.05, 4.69) is 9.88 Å². The number of carbonyl (C=O) groups is 1. The van der Waals surface area contributed by atoms with Crippen LogP contribution in [0.2, 0.25) is 0 Å². The Kier molecular flexibility index (Phi) is 6.76. The maximum absolute atomic E-state index is 13.9. The number of hydrogen-bond donors (Lipinski definition) is 1. The van der Waals surface area contributed by atoms with Gasteiger partial charge in [-0.05, 0) is 50.8 Å². The number of carbonyl (C=O) groups excluding carboxylic acids is 1. The summed E-state index contributed by atoms with van der Waals surface area (Å²) in [7, 11) is 0. The molecule has 0 radical (unpaired) electrons. The molecule has 0 saturated carbocycles. The number of rotatable bonds is 6. The van der Waals surface area contributed by atoms with Gasteiger partial charge in [0.25, 0.3) is 5.91 Å². The molecule has 1 aromatic carbocycles. The zero-order valence-electron chi connectivity index (χ0n) is 19.2. The number of hydrogen-bond acceptors (Lipinski definition) is 7. The lowest BCUT2D eigenvalue weighted by molar-refractivity contribution is 0.0503. The molecule has 1 unspecified atom stereocenters. The van der Waals surface area contributed by atoms with Crippen LogP contribution in [0.25, 0.3) is 10.9 Å². The lowest BCUT2D eigenvalue weighted by atomic mass is 10.1. The molecule has 7 nitrogen and oxygen atoms in total. The van der Waals surface area contributed by atoms with E-state index in [1.54, 1.807) is 16.3 Å². The molecular weight excluding hydrogens is 455 g/mol. The van der Waals surface area contributed by atoms with Crippen molar-refractivity contribution < 1.29 is 19.0 Å². The van der Waals surface area contributed by atoms with Gasteiger partial charge in [0.2, 0.25) is 0 Å². The van der Waals surface area contributed by atoms with Crippen LogP contribution >= 0.6 is 11.3 Å². The number of aliphatic hydroxyl groups is 1. The fourth-order valence-corrected chi connectivity index (χ4v) is 5.31. The highest BCUT2D eigenvalue weighted by Gasteiger charge is 2.28. The molecule has 180 valence electrons. The van der Waals surface area contributed by atoms with Gasteiger partial charge >= 0.3 is 0 Å². The van der Waals surface area contributed by atoms with Crippen LogP contribution < -0.4 is 4.90 Å². The van der Waals surface area contributed by atoms with E-state index >= 15 is 0 Å². The van der Waals surface area contributed by atoms with E-state index in [0.29, 0.717) is 56.8 Å². The van der Waals surface area contributed by atoms with Crippen molar-refractivity contribution in [1.82, 2.24) is 14.9 Å². The number of aryl methyl sites for hydroxylation is 1. The number of ether oxygens (including phenoxy) is 1. The van der Waals surface area contributed by atoms with Gasteiger partial charge in [0, 0.05) is 55.2 Å². The van der Waals surface area contributed by atoms with Crippen LogP contribution in [-0.2, 0) is 11.3 Å². The topological polar surface area (TPSA) is 78.8 Å². The Bertz CT molecular complexity index is 1170. The van der Waals surface area contributed by atoms with Gasteiger partial charge in [0.05, 0.1) is 22.7 Å². The first kappa shape index (κ1) is 23.1. The largest absolute Gasteiger partial charge is 0.393 e. The minimum Gasteiger partial charge on any atom is -0.393 e. The van der Waals surface area contributed by atoms with Crippen LogP contribution in [0.1, 0.15) is 46.7 Å². The second kappa shape index (κ2) is 9.93. The number of fused-ring (bicyclic) bond motifs is 1. The second-order valence-corrected chi connectivity index (χ2v) is 10.2. The number of thiazole rings is 1. The lowest BCUT2D eigenvalue weighted by Crippen LogP contribution is -2.39. The lowest BCUT2D eigenvalue weighted by Gasteiger charge is -2.33. The number of anilines is 1. The minimum atomic E-state index is -0.332. The molecule has 3 aromatic rings. The van der Waals surface area contributed by atoms with E-state index in [-0.39, 0.29) is 23.9 Å². The number of aromatic nitrogens is 2. The summed E-state index contributed by atoms with van der Waals surface area (Å²) in [5.74, 6) is 0.283. The number of aliphatic hydroxyl groups excluding tert-OH is 1. The first-order valence-corrected chi connectivity index (χ1v) is 12.7. The number of nitrogens with zero attached hydrogens (tertiary/aromatic N) is 4. The van der Waals surface area contributed by atoms with Crippen LogP contribution in [0, 0.1) is 12.7 Å². The molecular formula is C25H29FN4O3S. The molecule has 2 aliphatic rings. The molecule has 34 heavy (non-hydrogen) atoms. The van der Waals surface area contributed by atoms with Gasteiger partial charge in [-0.2, -0.15) is 0 Å². The highest BCUT2D eigenvalue weighted by Crippen LogP contribution is 2.29. The van der Waals surface area contributed by atoms with E-state index < -0.39 is 0 Å². The quantitative estimate of drug-likeness (QED) is 0.571. The summed E-state index contributed by atoms with van der Waals surface area (Å²) < 4.78 is 19.8. The van der Waals surface area contributed by atoms with E-state index in [1.165, 1.54) is 23.5 Å². The van der Waals surface area contributed by atoms with Crippen molar-refractivity contribution in [2.45, 2.75) is 51.4 Å².